The fourth-order valence-electron chi connectivity index (χ4n) is 2.28. The number of aldehydes is 1. The van der Waals surface area contributed by atoms with Gasteiger partial charge in [0.1, 0.15) is 30.1 Å². The SMILES string of the molecule is O=CC(Br)c1ccc(Oc2ccc(OCc3ccccc3)cc2)cc1. The predicted octanol–water partition coefficient (Wildman–Crippen LogP) is 5.69. The molecule has 0 aliphatic carbocycles. The van der Waals surface area contributed by atoms with Gasteiger partial charge in [-0.25, -0.2) is 0 Å². The Hall–Kier alpha value is -2.59. The van der Waals surface area contributed by atoms with Gasteiger partial charge in [0.05, 0.1) is 4.83 Å². The maximum atomic E-state index is 10.8. The molecule has 1 unspecified atom stereocenters. The molecule has 0 saturated heterocycles. The molecule has 0 N–H and O–H groups in total. The number of carbonyl (C=O) groups excluding carboxylic acids is 1. The van der Waals surface area contributed by atoms with Crippen molar-refractivity contribution in [3.8, 4) is 17.2 Å². The zero-order chi connectivity index (χ0) is 17.5. The lowest BCUT2D eigenvalue weighted by atomic mass is 10.1. The van der Waals surface area contributed by atoms with Crippen molar-refractivity contribution in [2.45, 2.75) is 11.4 Å². The molecule has 3 aromatic carbocycles. The lowest BCUT2D eigenvalue weighted by Gasteiger charge is -2.09. The van der Waals surface area contributed by atoms with Crippen LogP contribution in [0.4, 0.5) is 0 Å². The van der Waals surface area contributed by atoms with Gasteiger partial charge in [-0.05, 0) is 47.5 Å². The molecule has 0 fully saturated rings. The van der Waals surface area contributed by atoms with Gasteiger partial charge in [-0.15, -0.1) is 0 Å². The van der Waals surface area contributed by atoms with Gasteiger partial charge in [-0.3, -0.25) is 0 Å². The Labute approximate surface area is 155 Å². The Kier molecular flexibility index (Phi) is 5.86. The van der Waals surface area contributed by atoms with Crippen LogP contribution in [-0.4, -0.2) is 6.29 Å². The van der Waals surface area contributed by atoms with Crippen LogP contribution in [0.5, 0.6) is 17.2 Å². The van der Waals surface area contributed by atoms with Crippen LogP contribution in [0, 0.1) is 0 Å². The summed E-state index contributed by atoms with van der Waals surface area (Å²) in [5, 5.41) is 0. The van der Waals surface area contributed by atoms with E-state index in [1.807, 2.05) is 78.9 Å². The van der Waals surface area contributed by atoms with Gasteiger partial charge < -0.3 is 14.3 Å². The van der Waals surface area contributed by atoms with E-state index < -0.39 is 0 Å². The van der Waals surface area contributed by atoms with E-state index in [-0.39, 0.29) is 4.83 Å². The van der Waals surface area contributed by atoms with Crippen molar-refractivity contribution < 1.29 is 14.3 Å². The molecule has 25 heavy (non-hydrogen) atoms. The highest BCUT2D eigenvalue weighted by Crippen LogP contribution is 2.27. The number of benzene rings is 3. The molecule has 126 valence electrons. The number of hydrogen-bond acceptors (Lipinski definition) is 3. The van der Waals surface area contributed by atoms with E-state index in [9.17, 15) is 4.79 Å². The number of carbonyl (C=O) groups is 1. The summed E-state index contributed by atoms with van der Waals surface area (Å²) in [6, 6.07) is 24.9. The molecule has 0 saturated carbocycles. The second-order valence-electron chi connectivity index (χ2n) is 5.45. The van der Waals surface area contributed by atoms with Crippen LogP contribution < -0.4 is 9.47 Å². The van der Waals surface area contributed by atoms with Gasteiger partial charge in [-0.1, -0.05) is 58.4 Å². The summed E-state index contributed by atoms with van der Waals surface area (Å²) in [7, 11) is 0. The topological polar surface area (TPSA) is 35.5 Å². The maximum Gasteiger partial charge on any atom is 0.138 e. The molecule has 0 bridgehead atoms. The van der Waals surface area contributed by atoms with Crippen LogP contribution in [0.15, 0.2) is 78.9 Å². The summed E-state index contributed by atoms with van der Waals surface area (Å²) >= 11 is 3.29. The number of ether oxygens (including phenoxy) is 2. The highest BCUT2D eigenvalue weighted by Gasteiger charge is 2.06. The van der Waals surface area contributed by atoms with E-state index in [4.69, 9.17) is 9.47 Å². The first-order valence-corrected chi connectivity index (χ1v) is 8.80. The molecule has 0 heterocycles. The van der Waals surface area contributed by atoms with E-state index in [0.717, 1.165) is 28.9 Å². The molecule has 0 aliphatic heterocycles. The van der Waals surface area contributed by atoms with Crippen molar-refractivity contribution in [3.63, 3.8) is 0 Å². The van der Waals surface area contributed by atoms with Gasteiger partial charge in [0.15, 0.2) is 0 Å². The molecular formula is C21H17BrO3. The zero-order valence-corrected chi connectivity index (χ0v) is 15.1. The Morgan fingerprint density at radius 1 is 0.800 bits per heavy atom. The predicted molar refractivity (Wildman–Crippen MR) is 101 cm³/mol. The molecule has 3 rings (SSSR count). The summed E-state index contributed by atoms with van der Waals surface area (Å²) < 4.78 is 11.6. The third-order valence-electron chi connectivity index (χ3n) is 3.63. The summed E-state index contributed by atoms with van der Waals surface area (Å²) in [5.41, 5.74) is 2.02. The van der Waals surface area contributed by atoms with Crippen molar-refractivity contribution in [3.05, 3.63) is 90.0 Å². The minimum absolute atomic E-state index is 0.289. The molecule has 0 aliphatic rings. The number of hydrogen-bond donors (Lipinski definition) is 0. The van der Waals surface area contributed by atoms with E-state index >= 15 is 0 Å². The van der Waals surface area contributed by atoms with Crippen molar-refractivity contribution in [1.29, 1.82) is 0 Å². The van der Waals surface area contributed by atoms with Gasteiger partial charge >= 0.3 is 0 Å². The second kappa shape index (κ2) is 8.49. The number of halogens is 1. The Morgan fingerprint density at radius 2 is 1.36 bits per heavy atom. The van der Waals surface area contributed by atoms with Crippen LogP contribution in [0.3, 0.4) is 0 Å². The Bertz CT molecular complexity index is 799. The molecule has 4 heteroatoms. The normalized spacial score (nSPS) is 11.6. The molecule has 1 atom stereocenters. The van der Waals surface area contributed by atoms with Gasteiger partial charge in [0.25, 0.3) is 0 Å². The lowest BCUT2D eigenvalue weighted by Crippen LogP contribution is -1.95. The van der Waals surface area contributed by atoms with Crippen molar-refractivity contribution >= 4 is 22.2 Å². The molecule has 3 aromatic rings. The van der Waals surface area contributed by atoms with E-state index in [1.54, 1.807) is 0 Å². The average molecular weight is 397 g/mol. The molecule has 0 radical (unpaired) electrons. The van der Waals surface area contributed by atoms with Crippen LogP contribution >= 0.6 is 15.9 Å². The van der Waals surface area contributed by atoms with Crippen molar-refractivity contribution in [1.82, 2.24) is 0 Å². The van der Waals surface area contributed by atoms with E-state index in [2.05, 4.69) is 15.9 Å². The summed E-state index contributed by atoms with van der Waals surface area (Å²) in [6.45, 7) is 0.535. The molecule has 3 nitrogen and oxygen atoms in total. The van der Waals surface area contributed by atoms with E-state index in [1.165, 1.54) is 0 Å². The van der Waals surface area contributed by atoms with Crippen LogP contribution in [0.2, 0.25) is 0 Å². The maximum absolute atomic E-state index is 10.8. The first-order valence-electron chi connectivity index (χ1n) is 7.88. The van der Waals surface area contributed by atoms with Crippen LogP contribution in [0.25, 0.3) is 0 Å². The van der Waals surface area contributed by atoms with Crippen LogP contribution in [-0.2, 0) is 11.4 Å². The third-order valence-corrected chi connectivity index (χ3v) is 4.37. The largest absolute Gasteiger partial charge is 0.489 e. The van der Waals surface area contributed by atoms with E-state index in [0.29, 0.717) is 12.4 Å². The Morgan fingerprint density at radius 3 is 1.96 bits per heavy atom. The molecule has 0 aromatic heterocycles. The van der Waals surface area contributed by atoms with Crippen LogP contribution in [0.1, 0.15) is 16.0 Å². The smallest absolute Gasteiger partial charge is 0.138 e. The second-order valence-corrected chi connectivity index (χ2v) is 6.44. The average Bonchev–Trinajstić information content (AvgIpc) is 2.68. The quantitative estimate of drug-likeness (QED) is 0.379. The summed E-state index contributed by atoms with van der Waals surface area (Å²) in [6.07, 6.45) is 0.851. The standard InChI is InChI=1S/C21H17BrO3/c22-21(14-23)17-6-8-19(9-7-17)25-20-12-10-18(11-13-20)24-15-16-4-2-1-3-5-16/h1-14,21H,15H2. The summed E-state index contributed by atoms with van der Waals surface area (Å²) in [4.78, 5) is 10.5. The highest BCUT2D eigenvalue weighted by molar-refractivity contribution is 9.09. The van der Waals surface area contributed by atoms with Crippen molar-refractivity contribution in [2.75, 3.05) is 0 Å². The third kappa shape index (κ3) is 4.94. The number of rotatable bonds is 7. The molecule has 0 spiro atoms. The first-order chi connectivity index (χ1) is 12.2. The van der Waals surface area contributed by atoms with Gasteiger partial charge in [-0.2, -0.15) is 0 Å². The zero-order valence-electron chi connectivity index (χ0n) is 13.5. The monoisotopic (exact) mass is 396 g/mol. The van der Waals surface area contributed by atoms with Crippen molar-refractivity contribution in [2.24, 2.45) is 0 Å². The highest BCUT2D eigenvalue weighted by atomic mass is 79.9. The molecular weight excluding hydrogens is 380 g/mol. The lowest BCUT2D eigenvalue weighted by molar-refractivity contribution is -0.107. The van der Waals surface area contributed by atoms with Gasteiger partial charge in [0.2, 0.25) is 0 Å². The fraction of sp³-hybridized carbons (Fsp3) is 0.0952. The minimum atomic E-state index is -0.289. The fourth-order valence-corrected chi connectivity index (χ4v) is 2.58. The minimum Gasteiger partial charge on any atom is -0.489 e. The number of alkyl halides is 1. The Balaban J connectivity index is 1.58. The molecule has 0 amide bonds. The van der Waals surface area contributed by atoms with Gasteiger partial charge in [0, 0.05) is 0 Å². The summed E-state index contributed by atoms with van der Waals surface area (Å²) in [5.74, 6) is 2.23. The first kappa shape index (κ1) is 17.2.